The van der Waals surface area contributed by atoms with Crippen LogP contribution in [0.3, 0.4) is 0 Å². The molecule has 0 spiro atoms. The fourth-order valence-corrected chi connectivity index (χ4v) is 8.28. The van der Waals surface area contributed by atoms with Crippen molar-refractivity contribution in [1.82, 2.24) is 0 Å². The minimum absolute atomic E-state index is 0.0771. The second-order valence-corrected chi connectivity index (χ2v) is 19.2. The van der Waals surface area contributed by atoms with E-state index in [0.717, 1.165) is 89.9 Å². The molecule has 1 atom stereocenters. The summed E-state index contributed by atoms with van der Waals surface area (Å²) >= 11 is 0. The maximum atomic E-state index is 12.8. The summed E-state index contributed by atoms with van der Waals surface area (Å²) < 4.78 is 16.8. The molecule has 0 aromatic carbocycles. The van der Waals surface area contributed by atoms with Gasteiger partial charge < -0.3 is 14.2 Å². The Morgan fingerprint density at radius 1 is 0.308 bits per heavy atom. The van der Waals surface area contributed by atoms with Crippen LogP contribution in [-0.2, 0) is 28.6 Å². The highest BCUT2D eigenvalue weighted by Gasteiger charge is 2.19. The van der Waals surface area contributed by atoms with E-state index < -0.39 is 6.10 Å². The summed E-state index contributed by atoms with van der Waals surface area (Å²) in [6, 6.07) is 0. The van der Waals surface area contributed by atoms with Crippen LogP contribution in [0.1, 0.15) is 303 Å². The highest BCUT2D eigenvalue weighted by molar-refractivity contribution is 5.71. The molecule has 0 aliphatic rings. The van der Waals surface area contributed by atoms with E-state index in [1.165, 1.54) is 173 Å². The monoisotopic (exact) mass is 913 g/mol. The molecule has 0 saturated heterocycles. The Morgan fingerprint density at radius 2 is 0.569 bits per heavy atom. The fourth-order valence-electron chi connectivity index (χ4n) is 8.28. The van der Waals surface area contributed by atoms with Crippen LogP contribution in [0.2, 0.25) is 0 Å². The van der Waals surface area contributed by atoms with Crippen molar-refractivity contribution >= 4 is 17.9 Å². The SMILES string of the molecule is CCCC/C=C/C/C=C/CCCCCCCC(=O)O[C@H](COC(=O)CCCCCCC/C=C/CCCCCCC)COC(=O)CCCCCCCCCCCCCCCCCCCCC. The Labute approximate surface area is 404 Å². The molecule has 0 aliphatic heterocycles. The van der Waals surface area contributed by atoms with Gasteiger partial charge in [0.2, 0.25) is 0 Å². The van der Waals surface area contributed by atoms with E-state index >= 15 is 0 Å². The van der Waals surface area contributed by atoms with Gasteiger partial charge in [0, 0.05) is 19.3 Å². The highest BCUT2D eigenvalue weighted by Crippen LogP contribution is 2.16. The zero-order chi connectivity index (χ0) is 47.2. The van der Waals surface area contributed by atoms with Gasteiger partial charge in [-0.2, -0.15) is 0 Å². The van der Waals surface area contributed by atoms with Gasteiger partial charge in [-0.1, -0.05) is 250 Å². The number of ether oxygens (including phenoxy) is 3. The van der Waals surface area contributed by atoms with Crippen LogP contribution in [-0.4, -0.2) is 37.2 Å². The molecule has 65 heavy (non-hydrogen) atoms. The van der Waals surface area contributed by atoms with Gasteiger partial charge in [-0.25, -0.2) is 0 Å². The molecule has 380 valence electrons. The summed E-state index contributed by atoms with van der Waals surface area (Å²) in [6.07, 6.45) is 64.2. The van der Waals surface area contributed by atoms with Gasteiger partial charge in [-0.05, 0) is 70.6 Å². The van der Waals surface area contributed by atoms with Crippen LogP contribution in [0, 0.1) is 0 Å². The second-order valence-electron chi connectivity index (χ2n) is 19.2. The lowest BCUT2D eigenvalue weighted by Gasteiger charge is -2.18. The molecule has 6 nitrogen and oxygen atoms in total. The number of allylic oxidation sites excluding steroid dienone is 6. The van der Waals surface area contributed by atoms with Gasteiger partial charge in [0.05, 0.1) is 0 Å². The Bertz CT molecular complexity index is 1090. The molecule has 0 aromatic heterocycles. The highest BCUT2D eigenvalue weighted by atomic mass is 16.6. The van der Waals surface area contributed by atoms with E-state index in [2.05, 4.69) is 57.2 Å². The third-order valence-corrected chi connectivity index (χ3v) is 12.6. The number of unbranched alkanes of at least 4 members (excludes halogenated alkanes) is 35. The Kier molecular flexibility index (Phi) is 52.3. The molecule has 0 aliphatic carbocycles. The first kappa shape index (κ1) is 62.6. The number of esters is 3. The lowest BCUT2D eigenvalue weighted by Crippen LogP contribution is -2.30. The van der Waals surface area contributed by atoms with E-state index in [0.29, 0.717) is 19.3 Å². The molecule has 0 fully saturated rings. The number of carbonyl (C=O) groups is 3. The molecule has 0 saturated carbocycles. The van der Waals surface area contributed by atoms with Crippen LogP contribution in [0.5, 0.6) is 0 Å². The van der Waals surface area contributed by atoms with E-state index in [1.807, 2.05) is 0 Å². The average Bonchev–Trinajstić information content (AvgIpc) is 3.30. The van der Waals surface area contributed by atoms with Gasteiger partial charge in [-0.15, -0.1) is 0 Å². The van der Waals surface area contributed by atoms with E-state index in [9.17, 15) is 14.4 Å². The maximum absolute atomic E-state index is 12.8. The Morgan fingerprint density at radius 3 is 0.908 bits per heavy atom. The van der Waals surface area contributed by atoms with Gasteiger partial charge in [0.15, 0.2) is 6.10 Å². The molecule has 6 heteroatoms. The molecule has 0 rings (SSSR count). The Balaban J connectivity index is 4.33. The van der Waals surface area contributed by atoms with Crippen molar-refractivity contribution in [2.75, 3.05) is 13.2 Å². The molecular formula is C59H108O6. The smallest absolute Gasteiger partial charge is 0.306 e. The first-order valence-corrected chi connectivity index (χ1v) is 28.5. The third kappa shape index (κ3) is 52.5. The molecule has 0 unspecified atom stereocenters. The average molecular weight is 914 g/mol. The van der Waals surface area contributed by atoms with Gasteiger partial charge in [-0.3, -0.25) is 14.4 Å². The van der Waals surface area contributed by atoms with E-state index in [1.54, 1.807) is 0 Å². The van der Waals surface area contributed by atoms with Crippen LogP contribution < -0.4 is 0 Å². The molecule has 0 heterocycles. The maximum Gasteiger partial charge on any atom is 0.306 e. The number of hydrogen-bond donors (Lipinski definition) is 0. The van der Waals surface area contributed by atoms with Crippen LogP contribution in [0.25, 0.3) is 0 Å². The van der Waals surface area contributed by atoms with Crippen molar-refractivity contribution in [2.45, 2.75) is 309 Å². The summed E-state index contributed by atoms with van der Waals surface area (Å²) in [6.45, 7) is 6.61. The van der Waals surface area contributed by atoms with Crippen molar-refractivity contribution in [3.05, 3.63) is 36.5 Å². The van der Waals surface area contributed by atoms with E-state index in [4.69, 9.17) is 14.2 Å². The van der Waals surface area contributed by atoms with E-state index in [-0.39, 0.29) is 31.1 Å². The minimum atomic E-state index is -0.779. The first-order chi connectivity index (χ1) is 32.0. The summed E-state index contributed by atoms with van der Waals surface area (Å²) in [7, 11) is 0. The second kappa shape index (κ2) is 54.2. The normalized spacial score (nSPS) is 12.2. The van der Waals surface area contributed by atoms with Gasteiger partial charge >= 0.3 is 17.9 Å². The lowest BCUT2D eigenvalue weighted by molar-refractivity contribution is -0.167. The van der Waals surface area contributed by atoms with Gasteiger partial charge in [0.25, 0.3) is 0 Å². The summed E-state index contributed by atoms with van der Waals surface area (Å²) in [5.41, 5.74) is 0. The fraction of sp³-hybridized carbons (Fsp3) is 0.847. The Hall–Kier alpha value is -2.37. The summed E-state index contributed by atoms with van der Waals surface area (Å²) in [5, 5.41) is 0. The molecule has 0 N–H and O–H groups in total. The standard InChI is InChI=1S/C59H108O6/c1-4-7-10-13-16-19-22-25-28-29-30-31-32-35-37-40-43-46-49-52-58(61)64-55-56(65-59(62)53-50-47-44-41-38-34-27-24-21-18-15-12-9-6-3)54-63-57(60)51-48-45-42-39-36-33-26-23-20-17-14-11-8-5-2/h15,18,23-24,26-27,56H,4-14,16-17,19-22,25,28-55H2,1-3H3/b18-15+,26-23+,27-24+/t56-/m1/s1. The van der Waals surface area contributed by atoms with Crippen LogP contribution in [0.4, 0.5) is 0 Å². The summed E-state index contributed by atoms with van der Waals surface area (Å²) in [5.74, 6) is -0.884. The van der Waals surface area contributed by atoms with Crippen LogP contribution >= 0.6 is 0 Å². The van der Waals surface area contributed by atoms with Crippen molar-refractivity contribution in [3.63, 3.8) is 0 Å². The minimum Gasteiger partial charge on any atom is -0.462 e. The quantitative estimate of drug-likeness (QED) is 0.0262. The predicted octanol–water partition coefficient (Wildman–Crippen LogP) is 18.9. The lowest BCUT2D eigenvalue weighted by atomic mass is 10.0. The van der Waals surface area contributed by atoms with Crippen molar-refractivity contribution in [2.24, 2.45) is 0 Å². The number of carbonyl (C=O) groups excluding carboxylic acids is 3. The number of hydrogen-bond acceptors (Lipinski definition) is 6. The largest absolute Gasteiger partial charge is 0.462 e. The first-order valence-electron chi connectivity index (χ1n) is 28.5. The topological polar surface area (TPSA) is 78.9 Å². The van der Waals surface area contributed by atoms with Crippen molar-refractivity contribution in [3.8, 4) is 0 Å². The third-order valence-electron chi connectivity index (χ3n) is 12.6. The molecule has 0 radical (unpaired) electrons. The summed E-state index contributed by atoms with van der Waals surface area (Å²) in [4.78, 5) is 38.1. The molecule has 0 amide bonds. The number of rotatable bonds is 52. The molecule has 0 bridgehead atoms. The van der Waals surface area contributed by atoms with Crippen molar-refractivity contribution < 1.29 is 28.6 Å². The van der Waals surface area contributed by atoms with Gasteiger partial charge in [0.1, 0.15) is 13.2 Å². The zero-order valence-corrected chi connectivity index (χ0v) is 43.5. The van der Waals surface area contributed by atoms with Crippen LogP contribution in [0.15, 0.2) is 36.5 Å². The molecular weight excluding hydrogens is 805 g/mol. The molecule has 0 aromatic rings. The van der Waals surface area contributed by atoms with Crippen molar-refractivity contribution in [1.29, 1.82) is 0 Å². The zero-order valence-electron chi connectivity index (χ0n) is 43.5. The predicted molar refractivity (Wildman–Crippen MR) is 279 cm³/mol.